The van der Waals surface area contributed by atoms with Crippen LogP contribution in [0.1, 0.15) is 0 Å². The molecule has 9 aromatic carbocycles. The molecule has 258 valence electrons. The zero-order valence-electron chi connectivity index (χ0n) is 29.8. The average molecular weight is 736 g/mol. The molecule has 0 aliphatic carbocycles. The highest BCUT2D eigenvalue weighted by atomic mass is 32.1. The summed E-state index contributed by atoms with van der Waals surface area (Å²) in [5, 5.41) is 7.85. The van der Waals surface area contributed by atoms with Gasteiger partial charge in [-0.05, 0) is 111 Å². The lowest BCUT2D eigenvalue weighted by molar-refractivity contribution is 1.28. The summed E-state index contributed by atoms with van der Waals surface area (Å²) in [6, 6.07) is 73.4. The third-order valence-corrected chi connectivity index (χ3v) is 13.2. The van der Waals surface area contributed by atoms with Crippen LogP contribution in [0.25, 0.3) is 84.5 Å². The van der Waals surface area contributed by atoms with Gasteiger partial charge in [-0.3, -0.25) is 0 Å². The van der Waals surface area contributed by atoms with Crippen LogP contribution < -0.4 is 4.90 Å². The second kappa shape index (κ2) is 13.1. The standard InChI is InChI=1S/C52H33NS2/c1-2-10-34(11-3-1)37-12-8-13-43(31-37)53(42-28-24-36(25-29-42)44-16-9-17-47-45-14-4-7-19-50(45)55-52(44)47)41-26-22-35(23-27-41)38-20-21-39-33-51-48(32-40(39)30-38)46-15-5-6-18-49(46)54-51/h1-33H. The number of rotatable bonds is 6. The summed E-state index contributed by atoms with van der Waals surface area (Å²) in [6.07, 6.45) is 0. The molecule has 0 saturated heterocycles. The molecule has 0 radical (unpaired) electrons. The van der Waals surface area contributed by atoms with Crippen molar-refractivity contribution in [3.05, 3.63) is 200 Å². The minimum atomic E-state index is 1.11. The maximum absolute atomic E-state index is 2.37. The fourth-order valence-corrected chi connectivity index (χ4v) is 10.5. The van der Waals surface area contributed by atoms with Crippen LogP contribution in [0.4, 0.5) is 17.1 Å². The maximum Gasteiger partial charge on any atom is 0.0467 e. The lowest BCUT2D eigenvalue weighted by atomic mass is 9.99. The number of benzene rings is 9. The van der Waals surface area contributed by atoms with E-state index >= 15 is 0 Å². The number of hydrogen-bond acceptors (Lipinski definition) is 3. The number of fused-ring (bicyclic) bond motifs is 7. The van der Waals surface area contributed by atoms with Crippen molar-refractivity contribution in [2.24, 2.45) is 0 Å². The van der Waals surface area contributed by atoms with Gasteiger partial charge in [0.15, 0.2) is 0 Å². The van der Waals surface area contributed by atoms with Crippen LogP contribution in [0, 0.1) is 0 Å². The summed E-state index contributed by atoms with van der Waals surface area (Å²) in [7, 11) is 0. The minimum absolute atomic E-state index is 1.11. The third-order valence-electron chi connectivity index (χ3n) is 10.8. The van der Waals surface area contributed by atoms with E-state index in [0.29, 0.717) is 0 Å². The number of nitrogens with zero attached hydrogens (tertiary/aromatic N) is 1. The first kappa shape index (κ1) is 32.0. The summed E-state index contributed by atoms with van der Waals surface area (Å²) in [6.45, 7) is 0. The van der Waals surface area contributed by atoms with E-state index in [-0.39, 0.29) is 0 Å². The van der Waals surface area contributed by atoms with E-state index in [1.54, 1.807) is 0 Å². The van der Waals surface area contributed by atoms with Crippen LogP contribution in [0.15, 0.2) is 200 Å². The Balaban J connectivity index is 0.988. The third kappa shape index (κ3) is 5.60. The van der Waals surface area contributed by atoms with Gasteiger partial charge >= 0.3 is 0 Å². The van der Waals surface area contributed by atoms with Gasteiger partial charge in [-0.25, -0.2) is 0 Å². The molecule has 0 atom stereocenters. The molecule has 11 aromatic rings. The first-order chi connectivity index (χ1) is 27.2. The fourth-order valence-electron chi connectivity index (χ4n) is 8.12. The SMILES string of the molecule is c1ccc(-c2cccc(N(c3ccc(-c4ccc5cc6sc7ccccc7c6cc5c4)cc3)c3ccc(-c4cccc5c4sc4ccccc45)cc3)c2)cc1. The quantitative estimate of drug-likeness (QED) is 0.164. The van der Waals surface area contributed by atoms with Crippen molar-refractivity contribution in [3.8, 4) is 33.4 Å². The van der Waals surface area contributed by atoms with Crippen molar-refractivity contribution in [1.82, 2.24) is 0 Å². The second-order valence-electron chi connectivity index (χ2n) is 14.1. The number of thiophene rings is 2. The van der Waals surface area contributed by atoms with Gasteiger partial charge < -0.3 is 4.90 Å². The second-order valence-corrected chi connectivity index (χ2v) is 16.3. The normalized spacial score (nSPS) is 11.6. The highest BCUT2D eigenvalue weighted by molar-refractivity contribution is 7.26. The number of anilines is 3. The van der Waals surface area contributed by atoms with Gasteiger partial charge in [-0.1, -0.05) is 133 Å². The molecule has 3 heteroatoms. The van der Waals surface area contributed by atoms with Crippen LogP contribution in [-0.4, -0.2) is 0 Å². The molecule has 0 saturated carbocycles. The summed E-state index contributed by atoms with van der Waals surface area (Å²) in [4.78, 5) is 2.37. The monoisotopic (exact) mass is 735 g/mol. The smallest absolute Gasteiger partial charge is 0.0467 e. The van der Waals surface area contributed by atoms with Gasteiger partial charge in [0.05, 0.1) is 0 Å². The van der Waals surface area contributed by atoms with Crippen molar-refractivity contribution >= 4 is 90.9 Å². The van der Waals surface area contributed by atoms with Gasteiger partial charge in [-0.15, -0.1) is 22.7 Å². The molecule has 0 bridgehead atoms. The Kier molecular flexibility index (Phi) is 7.61. The van der Waals surface area contributed by atoms with Gasteiger partial charge in [0, 0.05) is 57.4 Å². The van der Waals surface area contributed by atoms with Crippen LogP contribution >= 0.6 is 22.7 Å². The summed E-state index contributed by atoms with van der Waals surface area (Å²) in [5.74, 6) is 0. The Bertz CT molecular complexity index is 3190. The van der Waals surface area contributed by atoms with Crippen molar-refractivity contribution < 1.29 is 0 Å². The van der Waals surface area contributed by atoms with Gasteiger partial charge in [0.2, 0.25) is 0 Å². The molecule has 0 spiro atoms. The van der Waals surface area contributed by atoms with Crippen LogP contribution in [0.2, 0.25) is 0 Å². The average Bonchev–Trinajstić information content (AvgIpc) is 3.82. The highest BCUT2D eigenvalue weighted by Gasteiger charge is 2.16. The summed E-state index contributed by atoms with van der Waals surface area (Å²) in [5.41, 5.74) is 10.6. The van der Waals surface area contributed by atoms with Crippen molar-refractivity contribution in [2.45, 2.75) is 0 Å². The van der Waals surface area contributed by atoms with E-state index in [2.05, 4.69) is 205 Å². The molecule has 0 fully saturated rings. The first-order valence-corrected chi connectivity index (χ1v) is 20.3. The van der Waals surface area contributed by atoms with Crippen molar-refractivity contribution in [1.29, 1.82) is 0 Å². The molecule has 2 aromatic heterocycles. The van der Waals surface area contributed by atoms with E-state index in [1.807, 2.05) is 22.7 Å². The Morgan fingerprint density at radius 3 is 1.65 bits per heavy atom. The highest BCUT2D eigenvalue weighted by Crippen LogP contribution is 2.43. The van der Waals surface area contributed by atoms with E-state index in [0.717, 1.165) is 17.1 Å². The molecule has 11 rings (SSSR count). The van der Waals surface area contributed by atoms with Crippen molar-refractivity contribution in [3.63, 3.8) is 0 Å². The Morgan fingerprint density at radius 1 is 0.291 bits per heavy atom. The minimum Gasteiger partial charge on any atom is -0.310 e. The molecular weight excluding hydrogens is 703 g/mol. The predicted octanol–water partition coefficient (Wildman–Crippen LogP) is 16.0. The van der Waals surface area contributed by atoms with Crippen LogP contribution in [0.3, 0.4) is 0 Å². The van der Waals surface area contributed by atoms with Gasteiger partial charge in [-0.2, -0.15) is 0 Å². The Morgan fingerprint density at radius 2 is 0.873 bits per heavy atom. The topological polar surface area (TPSA) is 3.24 Å². The summed E-state index contributed by atoms with van der Waals surface area (Å²) >= 11 is 3.75. The van der Waals surface area contributed by atoms with E-state index in [1.165, 1.54) is 84.5 Å². The number of hydrogen-bond donors (Lipinski definition) is 0. The zero-order valence-corrected chi connectivity index (χ0v) is 31.4. The molecule has 0 aliphatic rings. The molecule has 1 nitrogen and oxygen atoms in total. The molecule has 0 N–H and O–H groups in total. The maximum atomic E-state index is 2.37. The molecular formula is C52H33NS2. The summed E-state index contributed by atoms with van der Waals surface area (Å²) < 4.78 is 5.34. The largest absolute Gasteiger partial charge is 0.310 e. The van der Waals surface area contributed by atoms with E-state index < -0.39 is 0 Å². The molecule has 0 unspecified atom stereocenters. The molecule has 0 aliphatic heterocycles. The van der Waals surface area contributed by atoms with E-state index in [9.17, 15) is 0 Å². The van der Waals surface area contributed by atoms with Crippen LogP contribution in [-0.2, 0) is 0 Å². The molecule has 2 heterocycles. The van der Waals surface area contributed by atoms with Crippen molar-refractivity contribution in [2.75, 3.05) is 4.90 Å². The fraction of sp³-hybridized carbons (Fsp3) is 0. The lowest BCUT2D eigenvalue weighted by Crippen LogP contribution is -2.10. The van der Waals surface area contributed by atoms with Crippen LogP contribution in [0.5, 0.6) is 0 Å². The molecule has 0 amide bonds. The van der Waals surface area contributed by atoms with E-state index in [4.69, 9.17) is 0 Å². The Labute approximate surface area is 327 Å². The molecule has 55 heavy (non-hydrogen) atoms. The van der Waals surface area contributed by atoms with Gasteiger partial charge in [0.1, 0.15) is 0 Å². The Hall–Kier alpha value is -6.52. The predicted molar refractivity (Wildman–Crippen MR) is 241 cm³/mol. The lowest BCUT2D eigenvalue weighted by Gasteiger charge is -2.26. The zero-order chi connectivity index (χ0) is 36.3. The first-order valence-electron chi connectivity index (χ1n) is 18.7. The van der Waals surface area contributed by atoms with Gasteiger partial charge in [0.25, 0.3) is 0 Å².